The third kappa shape index (κ3) is 2.19. The van der Waals surface area contributed by atoms with E-state index in [2.05, 4.69) is 34.1 Å². The van der Waals surface area contributed by atoms with Gasteiger partial charge in [0.2, 0.25) is 0 Å². The van der Waals surface area contributed by atoms with Crippen molar-refractivity contribution in [2.75, 3.05) is 12.4 Å². The predicted octanol–water partition coefficient (Wildman–Crippen LogP) is 2.77. The van der Waals surface area contributed by atoms with Crippen LogP contribution in [0.3, 0.4) is 0 Å². The lowest BCUT2D eigenvalue weighted by Crippen LogP contribution is -1.97. The van der Waals surface area contributed by atoms with Crippen molar-refractivity contribution in [3.8, 4) is 10.6 Å². The fourth-order valence-electron chi connectivity index (χ4n) is 1.30. The molecule has 0 radical (unpaired) electrons. The molecule has 16 heavy (non-hydrogen) atoms. The van der Waals surface area contributed by atoms with Gasteiger partial charge in [-0.05, 0) is 6.07 Å². The van der Waals surface area contributed by atoms with Crippen LogP contribution in [0.1, 0.15) is 25.6 Å². The Kier molecular flexibility index (Phi) is 3.14. The lowest BCUT2D eigenvalue weighted by atomic mass is 10.2. The number of nitrogens with zero attached hydrogens (tertiary/aromatic N) is 3. The standard InChI is InChI=1S/C11H14N4S/c1-7(2)10-13-5-4-8(15-10)9-6-14-11(12-3)16-9/h4-7H,1-3H3,(H,12,14). The van der Waals surface area contributed by atoms with Gasteiger partial charge in [-0.25, -0.2) is 15.0 Å². The van der Waals surface area contributed by atoms with E-state index < -0.39 is 0 Å². The quantitative estimate of drug-likeness (QED) is 0.887. The molecule has 0 unspecified atom stereocenters. The maximum absolute atomic E-state index is 4.52. The van der Waals surface area contributed by atoms with Crippen LogP contribution in [-0.4, -0.2) is 22.0 Å². The van der Waals surface area contributed by atoms with Crippen molar-refractivity contribution in [3.63, 3.8) is 0 Å². The zero-order chi connectivity index (χ0) is 11.5. The molecule has 84 valence electrons. The molecule has 2 rings (SSSR count). The first-order valence-electron chi connectivity index (χ1n) is 5.17. The third-order valence-corrected chi connectivity index (χ3v) is 3.20. The summed E-state index contributed by atoms with van der Waals surface area (Å²) in [5, 5.41) is 3.92. The Balaban J connectivity index is 2.36. The summed E-state index contributed by atoms with van der Waals surface area (Å²) in [7, 11) is 1.86. The van der Waals surface area contributed by atoms with Crippen molar-refractivity contribution < 1.29 is 0 Å². The van der Waals surface area contributed by atoms with Crippen LogP contribution in [0.5, 0.6) is 0 Å². The van der Waals surface area contributed by atoms with Gasteiger partial charge in [0, 0.05) is 25.4 Å². The second-order valence-electron chi connectivity index (χ2n) is 3.73. The molecule has 0 aliphatic rings. The summed E-state index contributed by atoms with van der Waals surface area (Å²) in [5.41, 5.74) is 0.942. The molecule has 0 aromatic carbocycles. The molecule has 0 aliphatic carbocycles. The molecule has 2 aromatic heterocycles. The number of nitrogens with one attached hydrogen (secondary N) is 1. The summed E-state index contributed by atoms with van der Waals surface area (Å²) < 4.78 is 0. The highest BCUT2D eigenvalue weighted by Crippen LogP contribution is 2.27. The smallest absolute Gasteiger partial charge is 0.182 e. The highest BCUT2D eigenvalue weighted by atomic mass is 32.1. The zero-order valence-corrected chi connectivity index (χ0v) is 10.4. The fraction of sp³-hybridized carbons (Fsp3) is 0.364. The molecule has 0 spiro atoms. The largest absolute Gasteiger partial charge is 0.365 e. The van der Waals surface area contributed by atoms with E-state index in [1.54, 1.807) is 17.5 Å². The number of rotatable bonds is 3. The van der Waals surface area contributed by atoms with Gasteiger partial charge in [0.15, 0.2) is 5.13 Å². The van der Waals surface area contributed by atoms with Gasteiger partial charge < -0.3 is 5.32 Å². The molecular formula is C11H14N4S. The third-order valence-electron chi connectivity index (χ3n) is 2.16. The SMILES string of the molecule is CNc1ncc(-c2ccnc(C(C)C)n2)s1. The Bertz CT molecular complexity index is 478. The summed E-state index contributed by atoms with van der Waals surface area (Å²) in [4.78, 5) is 14.1. The Morgan fingerprint density at radius 1 is 1.31 bits per heavy atom. The molecule has 4 nitrogen and oxygen atoms in total. The van der Waals surface area contributed by atoms with Gasteiger partial charge in [-0.1, -0.05) is 25.2 Å². The van der Waals surface area contributed by atoms with Crippen LogP contribution in [-0.2, 0) is 0 Å². The van der Waals surface area contributed by atoms with E-state index in [9.17, 15) is 0 Å². The first kappa shape index (κ1) is 11.0. The second kappa shape index (κ2) is 4.57. The average molecular weight is 234 g/mol. The second-order valence-corrected chi connectivity index (χ2v) is 4.77. The summed E-state index contributed by atoms with van der Waals surface area (Å²) >= 11 is 1.59. The highest BCUT2D eigenvalue weighted by Gasteiger charge is 2.08. The summed E-state index contributed by atoms with van der Waals surface area (Å²) in [6.45, 7) is 4.18. The van der Waals surface area contributed by atoms with E-state index in [0.717, 1.165) is 21.5 Å². The van der Waals surface area contributed by atoms with E-state index >= 15 is 0 Å². The van der Waals surface area contributed by atoms with Crippen molar-refractivity contribution in [1.82, 2.24) is 15.0 Å². The van der Waals surface area contributed by atoms with Crippen molar-refractivity contribution in [3.05, 3.63) is 24.3 Å². The molecule has 2 aromatic rings. The van der Waals surface area contributed by atoms with Gasteiger partial charge in [-0.15, -0.1) is 0 Å². The number of thiazole rings is 1. The van der Waals surface area contributed by atoms with Crippen molar-refractivity contribution in [1.29, 1.82) is 0 Å². The summed E-state index contributed by atoms with van der Waals surface area (Å²) in [6.07, 6.45) is 3.64. The summed E-state index contributed by atoms with van der Waals surface area (Å²) in [5.74, 6) is 1.22. The molecule has 0 atom stereocenters. The van der Waals surface area contributed by atoms with Crippen LogP contribution >= 0.6 is 11.3 Å². The van der Waals surface area contributed by atoms with Crippen molar-refractivity contribution in [2.24, 2.45) is 0 Å². The molecule has 0 saturated heterocycles. The van der Waals surface area contributed by atoms with Gasteiger partial charge in [-0.2, -0.15) is 0 Å². The molecule has 5 heteroatoms. The van der Waals surface area contributed by atoms with E-state index in [1.165, 1.54) is 0 Å². The molecule has 1 N–H and O–H groups in total. The monoisotopic (exact) mass is 234 g/mol. The molecule has 0 bridgehead atoms. The molecular weight excluding hydrogens is 220 g/mol. The van der Waals surface area contributed by atoms with Crippen molar-refractivity contribution in [2.45, 2.75) is 19.8 Å². The lowest BCUT2D eigenvalue weighted by molar-refractivity contribution is 0.776. The average Bonchev–Trinajstić information content (AvgIpc) is 2.77. The van der Waals surface area contributed by atoms with E-state index in [-0.39, 0.29) is 0 Å². The van der Waals surface area contributed by atoms with Crippen molar-refractivity contribution >= 4 is 16.5 Å². The van der Waals surface area contributed by atoms with Crippen LogP contribution in [0, 0.1) is 0 Å². The first-order chi connectivity index (χ1) is 7.70. The first-order valence-corrected chi connectivity index (χ1v) is 5.99. The highest BCUT2D eigenvalue weighted by molar-refractivity contribution is 7.18. The minimum atomic E-state index is 0.344. The Labute approximate surface area is 98.8 Å². The van der Waals surface area contributed by atoms with Crippen LogP contribution in [0.15, 0.2) is 18.5 Å². The number of anilines is 1. The zero-order valence-electron chi connectivity index (χ0n) is 9.56. The Hall–Kier alpha value is -1.49. The van der Waals surface area contributed by atoms with Gasteiger partial charge in [0.25, 0.3) is 0 Å². The van der Waals surface area contributed by atoms with Gasteiger partial charge in [0.05, 0.1) is 10.6 Å². The Morgan fingerprint density at radius 2 is 2.12 bits per heavy atom. The number of hydrogen-bond acceptors (Lipinski definition) is 5. The Morgan fingerprint density at radius 3 is 2.75 bits per heavy atom. The maximum Gasteiger partial charge on any atom is 0.182 e. The normalized spacial score (nSPS) is 10.8. The minimum Gasteiger partial charge on any atom is -0.365 e. The van der Waals surface area contributed by atoms with Crippen LogP contribution < -0.4 is 5.32 Å². The fourth-order valence-corrected chi connectivity index (χ4v) is 2.04. The van der Waals surface area contributed by atoms with Gasteiger partial charge >= 0.3 is 0 Å². The van der Waals surface area contributed by atoms with E-state index in [1.807, 2.05) is 19.3 Å². The predicted molar refractivity (Wildman–Crippen MR) is 66.8 cm³/mol. The molecule has 0 fully saturated rings. The van der Waals surface area contributed by atoms with Crippen LogP contribution in [0.25, 0.3) is 10.6 Å². The van der Waals surface area contributed by atoms with E-state index in [0.29, 0.717) is 5.92 Å². The van der Waals surface area contributed by atoms with Gasteiger partial charge in [0.1, 0.15) is 5.82 Å². The molecule has 0 amide bonds. The number of hydrogen-bond donors (Lipinski definition) is 1. The summed E-state index contributed by atoms with van der Waals surface area (Å²) in [6, 6.07) is 1.92. The lowest BCUT2D eigenvalue weighted by Gasteiger charge is -2.03. The van der Waals surface area contributed by atoms with Gasteiger partial charge in [-0.3, -0.25) is 0 Å². The maximum atomic E-state index is 4.52. The van der Waals surface area contributed by atoms with E-state index in [4.69, 9.17) is 0 Å². The molecule has 2 heterocycles. The van der Waals surface area contributed by atoms with Crippen LogP contribution in [0.4, 0.5) is 5.13 Å². The van der Waals surface area contributed by atoms with Crippen LogP contribution in [0.2, 0.25) is 0 Å². The molecule has 0 saturated carbocycles. The molecule has 0 aliphatic heterocycles. The minimum absolute atomic E-state index is 0.344. The topological polar surface area (TPSA) is 50.7 Å². The number of aromatic nitrogens is 3.